The van der Waals surface area contributed by atoms with E-state index < -0.39 is 0 Å². The minimum atomic E-state index is 0.241. The molecule has 0 spiro atoms. The lowest BCUT2D eigenvalue weighted by Gasteiger charge is -2.21. The Balaban J connectivity index is 1.68. The van der Waals surface area contributed by atoms with Gasteiger partial charge in [0.25, 0.3) is 0 Å². The van der Waals surface area contributed by atoms with E-state index in [0.29, 0.717) is 0 Å². The Morgan fingerprint density at radius 1 is 1.25 bits per heavy atom. The van der Waals surface area contributed by atoms with E-state index in [4.69, 9.17) is 0 Å². The highest BCUT2D eigenvalue weighted by molar-refractivity contribution is 7.99. The second-order valence-electron chi connectivity index (χ2n) is 4.89. The number of aromatic hydroxyl groups is 1. The SMILES string of the molecule is Oc1ccc(-n2nnnc2SCC2CCNCC2)cc1. The van der Waals surface area contributed by atoms with E-state index in [1.807, 2.05) is 0 Å². The molecule has 0 saturated carbocycles. The number of nitrogens with zero attached hydrogens (tertiary/aromatic N) is 4. The third-order valence-electron chi connectivity index (χ3n) is 3.44. The number of hydrogen-bond donors (Lipinski definition) is 2. The molecule has 0 amide bonds. The number of tetrazole rings is 1. The van der Waals surface area contributed by atoms with Gasteiger partial charge in [0.2, 0.25) is 5.16 Å². The molecule has 3 rings (SSSR count). The minimum Gasteiger partial charge on any atom is -0.508 e. The van der Waals surface area contributed by atoms with Crippen molar-refractivity contribution in [3.8, 4) is 11.4 Å². The smallest absolute Gasteiger partial charge is 0.214 e. The predicted molar refractivity (Wildman–Crippen MR) is 77.1 cm³/mol. The Hall–Kier alpha value is -1.60. The summed E-state index contributed by atoms with van der Waals surface area (Å²) in [6.07, 6.45) is 2.43. The molecule has 0 atom stereocenters. The molecule has 1 aliphatic rings. The number of phenolic OH excluding ortho intramolecular Hbond substituents is 1. The zero-order valence-corrected chi connectivity index (χ0v) is 11.9. The molecular formula is C13H17N5OS. The third kappa shape index (κ3) is 3.10. The minimum absolute atomic E-state index is 0.241. The summed E-state index contributed by atoms with van der Waals surface area (Å²) in [5.74, 6) is 2.01. The van der Waals surface area contributed by atoms with Crippen molar-refractivity contribution in [2.24, 2.45) is 5.92 Å². The lowest BCUT2D eigenvalue weighted by atomic mass is 10.0. The Morgan fingerprint density at radius 2 is 2.00 bits per heavy atom. The number of benzene rings is 1. The highest BCUT2D eigenvalue weighted by Crippen LogP contribution is 2.24. The van der Waals surface area contributed by atoms with Gasteiger partial charge >= 0.3 is 0 Å². The van der Waals surface area contributed by atoms with Crippen molar-refractivity contribution in [3.05, 3.63) is 24.3 Å². The lowest BCUT2D eigenvalue weighted by molar-refractivity contribution is 0.407. The van der Waals surface area contributed by atoms with E-state index in [1.54, 1.807) is 40.7 Å². The van der Waals surface area contributed by atoms with Gasteiger partial charge in [-0.25, -0.2) is 0 Å². The number of rotatable bonds is 4. The van der Waals surface area contributed by atoms with Crippen LogP contribution in [-0.4, -0.2) is 44.2 Å². The molecule has 2 aromatic rings. The normalized spacial score (nSPS) is 16.4. The first kappa shape index (κ1) is 13.4. The van der Waals surface area contributed by atoms with E-state index in [0.717, 1.165) is 35.6 Å². The topological polar surface area (TPSA) is 75.9 Å². The van der Waals surface area contributed by atoms with Crippen LogP contribution in [0.5, 0.6) is 5.75 Å². The first-order valence-corrected chi connectivity index (χ1v) is 7.73. The fourth-order valence-corrected chi connectivity index (χ4v) is 3.34. The van der Waals surface area contributed by atoms with E-state index in [1.165, 1.54) is 12.8 Å². The van der Waals surface area contributed by atoms with Gasteiger partial charge in [-0.15, -0.1) is 5.10 Å². The molecule has 6 nitrogen and oxygen atoms in total. The molecule has 1 aromatic carbocycles. The molecule has 20 heavy (non-hydrogen) atoms. The van der Waals surface area contributed by atoms with Crippen LogP contribution in [0.1, 0.15) is 12.8 Å². The van der Waals surface area contributed by atoms with Crippen LogP contribution in [-0.2, 0) is 0 Å². The number of aromatic nitrogens is 4. The maximum absolute atomic E-state index is 9.32. The highest BCUT2D eigenvalue weighted by Gasteiger charge is 2.16. The number of phenols is 1. The van der Waals surface area contributed by atoms with Gasteiger partial charge in [-0.1, -0.05) is 11.8 Å². The van der Waals surface area contributed by atoms with Crippen LogP contribution in [0, 0.1) is 5.92 Å². The van der Waals surface area contributed by atoms with Gasteiger partial charge in [-0.2, -0.15) is 4.68 Å². The number of hydrogen-bond acceptors (Lipinski definition) is 6. The van der Waals surface area contributed by atoms with Gasteiger partial charge in [0, 0.05) is 5.75 Å². The summed E-state index contributed by atoms with van der Waals surface area (Å²) in [5, 5.41) is 25.4. The monoisotopic (exact) mass is 291 g/mol. The molecule has 1 saturated heterocycles. The van der Waals surface area contributed by atoms with Crippen molar-refractivity contribution in [3.63, 3.8) is 0 Å². The van der Waals surface area contributed by atoms with Gasteiger partial charge in [0.1, 0.15) is 5.75 Å². The van der Waals surface area contributed by atoms with Crippen molar-refractivity contribution in [2.45, 2.75) is 18.0 Å². The third-order valence-corrected chi connectivity index (χ3v) is 4.59. The number of thioether (sulfide) groups is 1. The van der Waals surface area contributed by atoms with Crippen molar-refractivity contribution in [1.29, 1.82) is 0 Å². The molecule has 0 bridgehead atoms. The summed E-state index contributed by atoms with van der Waals surface area (Å²) in [5.41, 5.74) is 0.862. The summed E-state index contributed by atoms with van der Waals surface area (Å²) in [4.78, 5) is 0. The zero-order valence-electron chi connectivity index (χ0n) is 11.1. The molecule has 0 unspecified atom stereocenters. The molecule has 7 heteroatoms. The summed E-state index contributed by atoms with van der Waals surface area (Å²) >= 11 is 1.70. The molecule has 1 aliphatic heterocycles. The maximum Gasteiger partial charge on any atom is 0.214 e. The molecule has 106 valence electrons. The fourth-order valence-electron chi connectivity index (χ4n) is 2.27. The van der Waals surface area contributed by atoms with Gasteiger partial charge in [0.15, 0.2) is 0 Å². The summed E-state index contributed by atoms with van der Waals surface area (Å²) in [6.45, 7) is 2.21. The highest BCUT2D eigenvalue weighted by atomic mass is 32.2. The predicted octanol–water partition coefficient (Wildman–Crippen LogP) is 1.46. The largest absolute Gasteiger partial charge is 0.508 e. The molecule has 2 heterocycles. The van der Waals surface area contributed by atoms with E-state index in [-0.39, 0.29) is 5.75 Å². The van der Waals surface area contributed by atoms with Crippen LogP contribution in [0.15, 0.2) is 29.4 Å². The summed E-state index contributed by atoms with van der Waals surface area (Å²) < 4.78 is 1.71. The van der Waals surface area contributed by atoms with Crippen LogP contribution in [0.2, 0.25) is 0 Å². The molecular weight excluding hydrogens is 274 g/mol. The average Bonchev–Trinajstić information content (AvgIpc) is 2.95. The van der Waals surface area contributed by atoms with E-state index in [9.17, 15) is 5.11 Å². The van der Waals surface area contributed by atoms with Crippen molar-refractivity contribution >= 4 is 11.8 Å². The first-order chi connectivity index (χ1) is 9.83. The first-order valence-electron chi connectivity index (χ1n) is 6.74. The molecule has 2 N–H and O–H groups in total. The Bertz CT molecular complexity index is 550. The van der Waals surface area contributed by atoms with Crippen LogP contribution in [0.4, 0.5) is 0 Å². The van der Waals surface area contributed by atoms with Crippen LogP contribution in [0.3, 0.4) is 0 Å². The fraction of sp³-hybridized carbons (Fsp3) is 0.462. The second kappa shape index (κ2) is 6.23. The van der Waals surface area contributed by atoms with Gasteiger partial charge in [-0.3, -0.25) is 0 Å². The average molecular weight is 291 g/mol. The number of nitrogens with one attached hydrogen (secondary N) is 1. The Kier molecular flexibility index (Phi) is 4.17. The van der Waals surface area contributed by atoms with Crippen LogP contribution >= 0.6 is 11.8 Å². The Labute approximate surface area is 121 Å². The lowest BCUT2D eigenvalue weighted by Crippen LogP contribution is -2.28. The van der Waals surface area contributed by atoms with Gasteiger partial charge in [0.05, 0.1) is 5.69 Å². The molecule has 1 fully saturated rings. The molecule has 0 radical (unpaired) electrons. The van der Waals surface area contributed by atoms with Crippen molar-refractivity contribution < 1.29 is 5.11 Å². The van der Waals surface area contributed by atoms with Crippen LogP contribution in [0.25, 0.3) is 5.69 Å². The van der Waals surface area contributed by atoms with Crippen molar-refractivity contribution in [2.75, 3.05) is 18.8 Å². The van der Waals surface area contributed by atoms with E-state index >= 15 is 0 Å². The van der Waals surface area contributed by atoms with Gasteiger partial charge < -0.3 is 10.4 Å². The molecule has 1 aromatic heterocycles. The summed E-state index contributed by atoms with van der Waals surface area (Å²) in [6, 6.07) is 6.89. The zero-order chi connectivity index (χ0) is 13.8. The van der Waals surface area contributed by atoms with Gasteiger partial charge in [-0.05, 0) is 66.5 Å². The maximum atomic E-state index is 9.32. The molecule has 0 aliphatic carbocycles. The Morgan fingerprint density at radius 3 is 2.75 bits per heavy atom. The van der Waals surface area contributed by atoms with Crippen molar-refractivity contribution in [1.82, 2.24) is 25.5 Å². The summed E-state index contributed by atoms with van der Waals surface area (Å²) in [7, 11) is 0. The second-order valence-corrected chi connectivity index (χ2v) is 5.88. The standard InChI is InChI=1S/C13H17N5OS/c19-12-3-1-11(2-4-12)18-13(15-16-17-18)20-9-10-5-7-14-8-6-10/h1-4,10,14,19H,5-9H2. The van der Waals surface area contributed by atoms with E-state index in [2.05, 4.69) is 20.8 Å². The quantitative estimate of drug-likeness (QED) is 0.831. The number of piperidine rings is 1. The van der Waals surface area contributed by atoms with Crippen LogP contribution < -0.4 is 5.32 Å².